The van der Waals surface area contributed by atoms with Crippen molar-refractivity contribution in [1.82, 2.24) is 29.4 Å². The molecule has 1 atom stereocenters. The van der Waals surface area contributed by atoms with Crippen LogP contribution < -0.4 is 15.0 Å². The van der Waals surface area contributed by atoms with E-state index in [9.17, 15) is 18.0 Å². The Labute approximate surface area is 216 Å². The molecule has 0 radical (unpaired) electrons. The molecule has 11 nitrogen and oxygen atoms in total. The fourth-order valence-electron chi connectivity index (χ4n) is 4.70. The standard InChI is InChI=1S/C25H34N6O5S/c1-6-36-20-10-9-17(37(34,35)29-21(32)13-16-8-7-11-30(16)4)14-18(20)24-26-22-19(12-15(2)3)27-28-23(22)25(33)31(24)5/h9-10,14-16H,6-8,11-13H2,1-5H3,(H,27,28)(H,29,32). The zero-order chi connectivity index (χ0) is 26.9. The topological polar surface area (TPSA) is 139 Å². The molecule has 1 unspecified atom stereocenters. The Bertz CT molecular complexity index is 1480. The lowest BCUT2D eigenvalue weighted by Crippen LogP contribution is -2.36. The number of likely N-dealkylation sites (tertiary alicyclic amines) is 1. The van der Waals surface area contributed by atoms with Crippen LogP contribution >= 0.6 is 0 Å². The highest BCUT2D eigenvalue weighted by Gasteiger charge is 2.27. The maximum atomic E-state index is 13.2. The summed E-state index contributed by atoms with van der Waals surface area (Å²) in [5.74, 6) is 0.357. The van der Waals surface area contributed by atoms with Gasteiger partial charge in [-0.3, -0.25) is 19.3 Å². The van der Waals surface area contributed by atoms with E-state index in [1.807, 2.05) is 7.05 Å². The van der Waals surface area contributed by atoms with Crippen LogP contribution in [0.2, 0.25) is 0 Å². The molecule has 1 fully saturated rings. The van der Waals surface area contributed by atoms with Gasteiger partial charge >= 0.3 is 0 Å². The highest BCUT2D eigenvalue weighted by Crippen LogP contribution is 2.32. The molecule has 3 heterocycles. The van der Waals surface area contributed by atoms with Crippen molar-refractivity contribution in [2.75, 3.05) is 20.2 Å². The lowest BCUT2D eigenvalue weighted by molar-refractivity contribution is -0.120. The Morgan fingerprint density at radius 2 is 2.03 bits per heavy atom. The number of hydrogen-bond donors (Lipinski definition) is 2. The minimum atomic E-state index is -4.17. The molecule has 0 spiro atoms. The Kier molecular flexibility index (Phi) is 7.69. The van der Waals surface area contributed by atoms with E-state index >= 15 is 0 Å². The Morgan fingerprint density at radius 3 is 2.68 bits per heavy atom. The highest BCUT2D eigenvalue weighted by atomic mass is 32.2. The van der Waals surface area contributed by atoms with Crippen LogP contribution in [-0.4, -0.2) is 65.2 Å². The Hall–Kier alpha value is -3.25. The Balaban J connectivity index is 1.75. The van der Waals surface area contributed by atoms with Gasteiger partial charge in [0.1, 0.15) is 17.1 Å². The second-order valence-corrected chi connectivity index (χ2v) is 11.6. The third-order valence-corrected chi connectivity index (χ3v) is 7.98. The number of nitrogens with zero attached hydrogens (tertiary/aromatic N) is 4. The van der Waals surface area contributed by atoms with Gasteiger partial charge in [-0.05, 0) is 63.9 Å². The Morgan fingerprint density at radius 1 is 1.27 bits per heavy atom. The number of sulfonamides is 1. The molecule has 200 valence electrons. The number of ether oxygens (including phenoxy) is 1. The molecule has 3 aromatic rings. The number of carbonyl (C=O) groups is 1. The van der Waals surface area contributed by atoms with Crippen LogP contribution in [0.15, 0.2) is 27.9 Å². The maximum Gasteiger partial charge on any atom is 0.281 e. The number of carbonyl (C=O) groups excluding carboxylic acids is 1. The van der Waals surface area contributed by atoms with Crippen molar-refractivity contribution in [2.24, 2.45) is 13.0 Å². The van der Waals surface area contributed by atoms with E-state index in [4.69, 9.17) is 9.72 Å². The van der Waals surface area contributed by atoms with E-state index in [1.54, 1.807) is 14.0 Å². The minimum Gasteiger partial charge on any atom is -0.493 e. The van der Waals surface area contributed by atoms with Crippen LogP contribution in [0.1, 0.15) is 45.7 Å². The lowest BCUT2D eigenvalue weighted by Gasteiger charge is -2.19. The zero-order valence-corrected chi connectivity index (χ0v) is 22.7. The largest absolute Gasteiger partial charge is 0.493 e. The fraction of sp³-hybridized carbons (Fsp3) is 0.520. The number of amides is 1. The predicted octanol–water partition coefficient (Wildman–Crippen LogP) is 2.21. The smallest absolute Gasteiger partial charge is 0.281 e. The molecule has 1 amide bonds. The van der Waals surface area contributed by atoms with Crippen molar-refractivity contribution in [3.05, 3.63) is 34.2 Å². The van der Waals surface area contributed by atoms with Gasteiger partial charge in [-0.2, -0.15) is 5.10 Å². The number of rotatable bonds is 9. The number of benzene rings is 1. The second-order valence-electron chi connectivity index (χ2n) is 9.90. The number of fused-ring (bicyclic) bond motifs is 1. The number of aromatic nitrogens is 4. The molecule has 37 heavy (non-hydrogen) atoms. The van der Waals surface area contributed by atoms with E-state index in [0.29, 0.717) is 35.8 Å². The molecular formula is C25H34N6O5S. The van der Waals surface area contributed by atoms with Crippen molar-refractivity contribution in [2.45, 2.75) is 57.4 Å². The summed E-state index contributed by atoms with van der Waals surface area (Å²) in [6.07, 6.45) is 2.58. The number of hydrogen-bond acceptors (Lipinski definition) is 8. The molecular weight excluding hydrogens is 496 g/mol. The molecule has 0 bridgehead atoms. The van der Waals surface area contributed by atoms with E-state index < -0.39 is 15.9 Å². The summed E-state index contributed by atoms with van der Waals surface area (Å²) in [4.78, 5) is 32.4. The number of nitrogens with one attached hydrogen (secondary N) is 2. The molecule has 4 rings (SSSR count). The summed E-state index contributed by atoms with van der Waals surface area (Å²) < 4.78 is 35.6. The van der Waals surface area contributed by atoms with Crippen LogP contribution in [0, 0.1) is 5.92 Å². The van der Waals surface area contributed by atoms with Gasteiger partial charge < -0.3 is 9.64 Å². The van der Waals surface area contributed by atoms with Gasteiger partial charge in [-0.25, -0.2) is 18.1 Å². The third-order valence-electron chi connectivity index (χ3n) is 6.61. The van der Waals surface area contributed by atoms with Crippen LogP contribution in [0.4, 0.5) is 0 Å². The van der Waals surface area contributed by atoms with Gasteiger partial charge in [0.05, 0.1) is 22.8 Å². The molecule has 1 aliphatic rings. The summed E-state index contributed by atoms with van der Waals surface area (Å²) in [6, 6.07) is 4.30. The van der Waals surface area contributed by atoms with E-state index in [0.717, 1.165) is 25.1 Å². The van der Waals surface area contributed by atoms with Crippen molar-refractivity contribution >= 4 is 27.0 Å². The monoisotopic (exact) mass is 530 g/mol. The molecule has 12 heteroatoms. The fourth-order valence-corrected chi connectivity index (χ4v) is 5.72. The van der Waals surface area contributed by atoms with Crippen molar-refractivity contribution < 1.29 is 17.9 Å². The van der Waals surface area contributed by atoms with Gasteiger partial charge in [0, 0.05) is 19.5 Å². The maximum absolute atomic E-state index is 13.2. The van der Waals surface area contributed by atoms with Crippen LogP contribution in [0.5, 0.6) is 5.75 Å². The van der Waals surface area contributed by atoms with Gasteiger partial charge in [-0.1, -0.05) is 13.8 Å². The van der Waals surface area contributed by atoms with Crippen LogP contribution in [-0.2, 0) is 28.3 Å². The van der Waals surface area contributed by atoms with Crippen molar-refractivity contribution in [3.63, 3.8) is 0 Å². The van der Waals surface area contributed by atoms with Crippen molar-refractivity contribution in [3.8, 4) is 17.1 Å². The summed E-state index contributed by atoms with van der Waals surface area (Å²) in [5.41, 5.74) is 1.35. The highest BCUT2D eigenvalue weighted by molar-refractivity contribution is 7.90. The second kappa shape index (κ2) is 10.6. The first kappa shape index (κ1) is 26.8. The lowest BCUT2D eigenvalue weighted by atomic mass is 10.1. The van der Waals surface area contributed by atoms with Gasteiger partial charge in [0.15, 0.2) is 5.52 Å². The molecule has 2 N–H and O–H groups in total. The first-order valence-electron chi connectivity index (χ1n) is 12.5. The average Bonchev–Trinajstić information content (AvgIpc) is 3.41. The van der Waals surface area contributed by atoms with E-state index in [-0.39, 0.29) is 34.3 Å². The average molecular weight is 531 g/mol. The zero-order valence-electron chi connectivity index (χ0n) is 21.9. The predicted molar refractivity (Wildman–Crippen MR) is 140 cm³/mol. The molecule has 0 aliphatic carbocycles. The van der Waals surface area contributed by atoms with Gasteiger partial charge in [0.25, 0.3) is 15.6 Å². The minimum absolute atomic E-state index is 0.0199. The van der Waals surface area contributed by atoms with Crippen molar-refractivity contribution in [1.29, 1.82) is 0 Å². The van der Waals surface area contributed by atoms with E-state index in [2.05, 4.69) is 33.7 Å². The summed E-state index contributed by atoms with van der Waals surface area (Å²) >= 11 is 0. The molecule has 2 aromatic heterocycles. The number of H-pyrrole nitrogens is 1. The third kappa shape index (κ3) is 5.54. The number of aromatic amines is 1. The normalized spacial score (nSPS) is 16.5. The summed E-state index contributed by atoms with van der Waals surface area (Å²) in [7, 11) is -0.684. The van der Waals surface area contributed by atoms with Crippen LogP contribution in [0.3, 0.4) is 0 Å². The summed E-state index contributed by atoms with van der Waals surface area (Å²) in [5, 5.41) is 7.08. The van der Waals surface area contributed by atoms with Crippen LogP contribution in [0.25, 0.3) is 22.4 Å². The molecule has 1 saturated heterocycles. The summed E-state index contributed by atoms with van der Waals surface area (Å²) in [6.45, 7) is 7.12. The quantitative estimate of drug-likeness (QED) is 0.429. The molecule has 1 aliphatic heterocycles. The molecule has 1 aromatic carbocycles. The molecule has 0 saturated carbocycles. The van der Waals surface area contributed by atoms with E-state index in [1.165, 1.54) is 22.8 Å². The van der Waals surface area contributed by atoms with Gasteiger partial charge in [-0.15, -0.1) is 0 Å². The first-order valence-corrected chi connectivity index (χ1v) is 14.0. The SMILES string of the molecule is CCOc1ccc(S(=O)(=O)NC(=O)CC2CCCN2C)cc1-c1nc2c(CC(C)C)[nH]nc2c(=O)n1C. The van der Waals surface area contributed by atoms with Gasteiger partial charge in [0.2, 0.25) is 5.91 Å². The first-order chi connectivity index (χ1) is 17.5.